The van der Waals surface area contributed by atoms with Crippen molar-refractivity contribution >= 4 is 13.3 Å². The van der Waals surface area contributed by atoms with Crippen molar-refractivity contribution in [2.24, 2.45) is 5.73 Å². The summed E-state index contributed by atoms with van der Waals surface area (Å²) in [5, 5.41) is 9.99. The molecule has 8 heteroatoms. The fourth-order valence-corrected chi connectivity index (χ4v) is 1.24. The third-order valence-electron chi connectivity index (χ3n) is 1.15. The van der Waals surface area contributed by atoms with Crippen molar-refractivity contribution in [3.05, 3.63) is 0 Å². The van der Waals surface area contributed by atoms with Crippen molar-refractivity contribution in [3.63, 3.8) is 0 Å². The first-order chi connectivity index (χ1) is 4.83. The Bertz CT molecular complexity index is 195. The maximum atomic E-state index is 10.5. The summed E-state index contributed by atoms with van der Waals surface area (Å²) in [6.07, 6.45) is -0.276. The van der Waals surface area contributed by atoms with Crippen LogP contribution in [0.1, 0.15) is 6.42 Å². The van der Waals surface area contributed by atoms with Gasteiger partial charge in [0.2, 0.25) is 0 Å². The van der Waals surface area contributed by atoms with Gasteiger partial charge in [-0.2, -0.15) is 0 Å². The summed E-state index contributed by atoms with van der Waals surface area (Å²) < 4.78 is 10.5. The molecule has 0 aromatic heterocycles. The maximum Gasteiger partial charge on any atom is 1.00 e. The molecule has 0 spiro atoms. The summed E-state index contributed by atoms with van der Waals surface area (Å²) in [6.45, 7) is 1.05. The van der Waals surface area contributed by atoms with E-state index in [9.17, 15) is 19.4 Å². The number of nitrogens with two attached hydrogens (primary N) is 1. The molecule has 0 fully saturated rings. The standard InChI is InChI=1S/C5H12NO4P.2K/c1-11(9,10)3-2-4(6)5(7)8;;/h4H,2-3,6H2,1H3,(H,7,8)(H,9,10);;/q;2*+1/p-2. The van der Waals surface area contributed by atoms with Gasteiger partial charge in [0.15, 0.2) is 0 Å². The van der Waals surface area contributed by atoms with Gasteiger partial charge in [-0.1, -0.05) is 0 Å². The molecule has 0 rings (SSSR count). The molecule has 66 valence electrons. The summed E-state index contributed by atoms with van der Waals surface area (Å²) in [7, 11) is -3.38. The average Bonchev–Trinajstić information content (AvgIpc) is 1.80. The van der Waals surface area contributed by atoms with E-state index in [0.717, 1.165) is 6.66 Å². The van der Waals surface area contributed by atoms with Crippen LogP contribution in [0.4, 0.5) is 0 Å². The first-order valence-corrected chi connectivity index (χ1v) is 5.32. The van der Waals surface area contributed by atoms with Crippen molar-refractivity contribution in [1.82, 2.24) is 0 Å². The predicted molar refractivity (Wildman–Crippen MR) is 36.0 cm³/mol. The minimum absolute atomic E-state index is 0. The molecule has 2 N–H and O–H groups in total. The van der Waals surface area contributed by atoms with E-state index in [1.165, 1.54) is 0 Å². The number of carboxylic acid groups (broad SMARTS) is 1. The van der Waals surface area contributed by atoms with E-state index in [2.05, 4.69) is 0 Å². The van der Waals surface area contributed by atoms with Gasteiger partial charge in [-0.25, -0.2) is 0 Å². The molecule has 0 aliphatic heterocycles. The average molecular weight is 257 g/mol. The topological polar surface area (TPSA) is 106 Å². The van der Waals surface area contributed by atoms with Crippen molar-refractivity contribution in [2.45, 2.75) is 12.5 Å². The van der Waals surface area contributed by atoms with Crippen LogP contribution in [0.5, 0.6) is 0 Å². The Morgan fingerprint density at radius 1 is 1.54 bits per heavy atom. The Balaban J connectivity index is -0.000000500. The van der Waals surface area contributed by atoms with Crippen molar-refractivity contribution in [3.8, 4) is 0 Å². The van der Waals surface area contributed by atoms with Crippen LogP contribution in [-0.2, 0) is 9.36 Å². The van der Waals surface area contributed by atoms with Crippen LogP contribution in [-0.4, -0.2) is 24.8 Å². The second-order valence-electron chi connectivity index (χ2n) is 2.45. The van der Waals surface area contributed by atoms with Crippen LogP contribution in [0.3, 0.4) is 0 Å². The Hall–Kier alpha value is 2.89. The molecular formula is C5H10K2NO4P. The third kappa shape index (κ3) is 14.9. The monoisotopic (exact) mass is 257 g/mol. The molecule has 2 atom stereocenters. The molecule has 2 unspecified atom stereocenters. The second kappa shape index (κ2) is 10.1. The normalized spacial score (nSPS) is 15.9. The molecule has 0 heterocycles. The zero-order chi connectivity index (χ0) is 9.07. The largest absolute Gasteiger partial charge is 1.00 e. The van der Waals surface area contributed by atoms with Crippen LogP contribution in [0.15, 0.2) is 0 Å². The molecule has 0 amide bonds. The van der Waals surface area contributed by atoms with Crippen LogP contribution in [0.25, 0.3) is 0 Å². The number of carbonyl (C=O) groups is 1. The van der Waals surface area contributed by atoms with Crippen molar-refractivity contribution < 1.29 is 122 Å². The van der Waals surface area contributed by atoms with E-state index in [0.29, 0.717) is 0 Å². The molecule has 0 radical (unpaired) electrons. The molecule has 0 aromatic carbocycles. The number of aliphatic carboxylic acids is 1. The molecule has 0 saturated heterocycles. The van der Waals surface area contributed by atoms with Gasteiger partial charge in [-0.05, 0) is 19.2 Å². The molecule has 0 aromatic rings. The Morgan fingerprint density at radius 2 is 1.92 bits per heavy atom. The zero-order valence-electron chi connectivity index (χ0n) is 8.15. The number of hydrogen-bond acceptors (Lipinski definition) is 5. The summed E-state index contributed by atoms with van der Waals surface area (Å²) in [6, 6.07) is -1.18. The molecule has 0 saturated carbocycles. The van der Waals surface area contributed by atoms with Crippen LogP contribution >= 0.6 is 7.37 Å². The SMILES string of the molecule is CP(=O)([O-])CCC(N)C(=O)[O-].[K+].[K+]. The summed E-state index contributed by atoms with van der Waals surface area (Å²) in [4.78, 5) is 20.5. The minimum Gasteiger partial charge on any atom is -0.799 e. The molecule has 5 nitrogen and oxygen atoms in total. The van der Waals surface area contributed by atoms with Gasteiger partial charge < -0.3 is 25.1 Å². The van der Waals surface area contributed by atoms with Crippen LogP contribution in [0, 0.1) is 0 Å². The molecule has 0 aliphatic carbocycles. The Kier molecular flexibility index (Phi) is 16.4. The molecular weight excluding hydrogens is 247 g/mol. The van der Waals surface area contributed by atoms with Gasteiger partial charge >= 0.3 is 103 Å². The predicted octanol–water partition coefficient (Wildman–Crippen LogP) is -8.27. The number of rotatable bonds is 4. The van der Waals surface area contributed by atoms with E-state index >= 15 is 0 Å². The fourth-order valence-electron chi connectivity index (χ4n) is 0.491. The molecule has 0 bridgehead atoms. The van der Waals surface area contributed by atoms with E-state index in [1.54, 1.807) is 0 Å². The van der Waals surface area contributed by atoms with Crippen molar-refractivity contribution in [1.29, 1.82) is 0 Å². The quantitative estimate of drug-likeness (QED) is 0.397. The smallest absolute Gasteiger partial charge is 0.799 e. The third-order valence-corrected chi connectivity index (χ3v) is 2.22. The summed E-state index contributed by atoms with van der Waals surface area (Å²) in [5.41, 5.74) is 5.00. The molecule has 0 aliphatic rings. The van der Waals surface area contributed by atoms with Gasteiger partial charge in [0.1, 0.15) is 0 Å². The van der Waals surface area contributed by atoms with Gasteiger partial charge in [0, 0.05) is 13.4 Å². The van der Waals surface area contributed by atoms with E-state index in [-0.39, 0.29) is 115 Å². The Morgan fingerprint density at radius 3 is 2.15 bits per heavy atom. The van der Waals surface area contributed by atoms with Crippen molar-refractivity contribution in [2.75, 3.05) is 12.8 Å². The van der Waals surface area contributed by atoms with Crippen LogP contribution in [0.2, 0.25) is 0 Å². The van der Waals surface area contributed by atoms with Gasteiger partial charge in [0.25, 0.3) is 0 Å². The maximum absolute atomic E-state index is 10.5. The van der Waals surface area contributed by atoms with E-state index < -0.39 is 19.4 Å². The van der Waals surface area contributed by atoms with Crippen LogP contribution < -0.4 is 119 Å². The summed E-state index contributed by atoms with van der Waals surface area (Å²) in [5.74, 6) is -1.42. The molecule has 13 heavy (non-hydrogen) atoms. The van der Waals surface area contributed by atoms with E-state index in [1.807, 2.05) is 0 Å². The first-order valence-electron chi connectivity index (χ1n) is 3.07. The summed E-state index contributed by atoms with van der Waals surface area (Å²) >= 11 is 0. The van der Waals surface area contributed by atoms with Gasteiger partial charge in [-0.15, -0.1) is 0 Å². The Labute approximate surface area is 163 Å². The van der Waals surface area contributed by atoms with E-state index in [4.69, 9.17) is 5.73 Å². The first kappa shape index (κ1) is 21.2. The second-order valence-corrected chi connectivity index (χ2v) is 4.93. The number of carboxylic acids is 1. The fraction of sp³-hybridized carbons (Fsp3) is 0.800. The zero-order valence-corrected chi connectivity index (χ0v) is 15.3. The van der Waals surface area contributed by atoms with Gasteiger partial charge in [0.05, 0.1) is 5.97 Å². The number of carbonyl (C=O) groups excluding carboxylic acids is 1. The van der Waals surface area contributed by atoms with Gasteiger partial charge in [-0.3, -0.25) is 0 Å². The minimum atomic E-state index is -3.38. The number of hydrogen-bond donors (Lipinski definition) is 1.